The molecule has 0 fully saturated rings. The van der Waals surface area contributed by atoms with Crippen molar-refractivity contribution in [2.45, 2.75) is 52.6 Å². The normalized spacial score (nSPS) is 13.3. The molecule has 104 valence electrons. The van der Waals surface area contributed by atoms with Gasteiger partial charge >= 0.3 is 0 Å². The number of benzene rings is 1. The fraction of sp³-hybridized carbons (Fsp3) is 0.529. The minimum absolute atomic E-state index is 0.263. The van der Waals surface area contributed by atoms with E-state index in [1.54, 1.807) is 0 Å². The van der Waals surface area contributed by atoms with Crippen molar-refractivity contribution in [1.82, 2.24) is 4.57 Å². The summed E-state index contributed by atoms with van der Waals surface area (Å²) in [6, 6.07) is 9.05. The Labute approximate surface area is 116 Å². The zero-order valence-electron chi connectivity index (χ0n) is 12.4. The minimum atomic E-state index is 0.263. The molecule has 1 aromatic heterocycles. The van der Waals surface area contributed by atoms with E-state index >= 15 is 0 Å². The second-order valence-corrected chi connectivity index (χ2v) is 5.92. The molecule has 2 rings (SSSR count). The van der Waals surface area contributed by atoms with Crippen LogP contribution in [0, 0.1) is 5.92 Å². The summed E-state index contributed by atoms with van der Waals surface area (Å²) in [6.45, 7) is 7.81. The number of hydrogen-bond donors (Lipinski definition) is 1. The molecule has 19 heavy (non-hydrogen) atoms. The molecule has 1 aromatic carbocycles. The highest BCUT2D eigenvalue weighted by atomic mass is 15.0. The highest BCUT2D eigenvalue weighted by Crippen LogP contribution is 2.22. The van der Waals surface area contributed by atoms with Crippen molar-refractivity contribution < 1.29 is 0 Å². The average molecular weight is 258 g/mol. The van der Waals surface area contributed by atoms with Crippen molar-refractivity contribution >= 4 is 10.9 Å². The fourth-order valence-electron chi connectivity index (χ4n) is 2.52. The lowest BCUT2D eigenvalue weighted by molar-refractivity contribution is 0.523. The molecule has 1 atom stereocenters. The highest BCUT2D eigenvalue weighted by Gasteiger charge is 2.09. The third-order valence-electron chi connectivity index (χ3n) is 3.83. The van der Waals surface area contributed by atoms with E-state index in [1.807, 2.05) is 0 Å². The summed E-state index contributed by atoms with van der Waals surface area (Å²) in [6.07, 6.45) is 5.44. The largest absolute Gasteiger partial charge is 0.347 e. The van der Waals surface area contributed by atoms with Gasteiger partial charge in [-0.3, -0.25) is 0 Å². The van der Waals surface area contributed by atoms with Gasteiger partial charge in [-0.05, 0) is 42.2 Å². The third kappa shape index (κ3) is 3.38. The molecule has 2 heteroatoms. The summed E-state index contributed by atoms with van der Waals surface area (Å²) in [5.41, 5.74) is 8.90. The summed E-state index contributed by atoms with van der Waals surface area (Å²) >= 11 is 0. The van der Waals surface area contributed by atoms with Crippen LogP contribution < -0.4 is 5.73 Å². The highest BCUT2D eigenvalue weighted by molar-refractivity contribution is 5.83. The van der Waals surface area contributed by atoms with Crippen molar-refractivity contribution in [2.24, 2.45) is 11.7 Å². The molecule has 0 spiro atoms. The first-order chi connectivity index (χ1) is 9.11. The maximum Gasteiger partial charge on any atom is 0.0513 e. The molecule has 0 saturated heterocycles. The van der Waals surface area contributed by atoms with Gasteiger partial charge in [0.05, 0.1) is 5.52 Å². The van der Waals surface area contributed by atoms with E-state index < -0.39 is 0 Å². The van der Waals surface area contributed by atoms with Gasteiger partial charge in [-0.2, -0.15) is 0 Å². The molecule has 0 aliphatic rings. The molecule has 0 saturated carbocycles. The Kier molecular flexibility index (Phi) is 4.65. The van der Waals surface area contributed by atoms with Gasteiger partial charge in [-0.1, -0.05) is 39.0 Å². The number of para-hydroxylation sites is 1. The van der Waals surface area contributed by atoms with E-state index in [0.29, 0.717) is 0 Å². The van der Waals surface area contributed by atoms with Gasteiger partial charge < -0.3 is 10.3 Å². The molecule has 1 heterocycles. The van der Waals surface area contributed by atoms with Crippen LogP contribution in [0.25, 0.3) is 10.9 Å². The lowest BCUT2D eigenvalue weighted by Gasteiger charge is -2.14. The van der Waals surface area contributed by atoms with Crippen molar-refractivity contribution in [1.29, 1.82) is 0 Å². The number of nitrogens with zero attached hydrogens (tertiary/aromatic N) is 1. The van der Waals surface area contributed by atoms with Gasteiger partial charge in [-0.15, -0.1) is 0 Å². The van der Waals surface area contributed by atoms with Gasteiger partial charge in [0, 0.05) is 18.8 Å². The number of fused-ring (bicyclic) bond motifs is 1. The maximum absolute atomic E-state index is 6.13. The van der Waals surface area contributed by atoms with Crippen LogP contribution in [0.4, 0.5) is 0 Å². The average Bonchev–Trinajstić information content (AvgIpc) is 2.80. The van der Waals surface area contributed by atoms with Gasteiger partial charge in [0.25, 0.3) is 0 Å². The topological polar surface area (TPSA) is 30.9 Å². The third-order valence-corrected chi connectivity index (χ3v) is 3.83. The van der Waals surface area contributed by atoms with E-state index in [-0.39, 0.29) is 6.04 Å². The Balaban J connectivity index is 2.32. The SMILES string of the molecule is CCC(N)Cc1cccc2ccn(CCC(C)C)c12. The monoisotopic (exact) mass is 258 g/mol. The molecule has 0 aliphatic carbocycles. The predicted octanol–water partition coefficient (Wildman–Crippen LogP) is 3.97. The summed E-state index contributed by atoms with van der Waals surface area (Å²) in [7, 11) is 0. The lowest BCUT2D eigenvalue weighted by Crippen LogP contribution is -2.21. The van der Waals surface area contributed by atoms with Crippen molar-refractivity contribution in [3.05, 3.63) is 36.0 Å². The fourth-order valence-corrected chi connectivity index (χ4v) is 2.52. The predicted molar refractivity (Wildman–Crippen MR) is 83.4 cm³/mol. The van der Waals surface area contributed by atoms with Gasteiger partial charge in [0.1, 0.15) is 0 Å². The van der Waals surface area contributed by atoms with Crippen LogP contribution in [0.2, 0.25) is 0 Å². The quantitative estimate of drug-likeness (QED) is 0.835. The van der Waals surface area contributed by atoms with Crippen LogP contribution in [-0.4, -0.2) is 10.6 Å². The Bertz CT molecular complexity index is 525. The van der Waals surface area contributed by atoms with Crippen LogP contribution >= 0.6 is 0 Å². The number of rotatable bonds is 6. The Hall–Kier alpha value is -1.28. The molecule has 0 aliphatic heterocycles. The standard InChI is InChI=1S/C17H26N2/c1-4-16(18)12-15-7-5-6-14-9-11-19(17(14)15)10-8-13(2)3/h5-7,9,11,13,16H,4,8,10,12,18H2,1-3H3. The van der Waals surface area contributed by atoms with E-state index in [4.69, 9.17) is 5.73 Å². The molecule has 1 unspecified atom stereocenters. The molecular weight excluding hydrogens is 232 g/mol. The van der Waals surface area contributed by atoms with Crippen LogP contribution in [-0.2, 0) is 13.0 Å². The first-order valence-electron chi connectivity index (χ1n) is 7.44. The zero-order valence-corrected chi connectivity index (χ0v) is 12.4. The van der Waals surface area contributed by atoms with Crippen LogP contribution in [0.3, 0.4) is 0 Å². The molecular formula is C17H26N2. The van der Waals surface area contributed by atoms with Crippen molar-refractivity contribution in [3.63, 3.8) is 0 Å². The lowest BCUT2D eigenvalue weighted by atomic mass is 10.0. The summed E-state index contributed by atoms with van der Waals surface area (Å²) in [5.74, 6) is 0.738. The van der Waals surface area contributed by atoms with E-state index in [9.17, 15) is 0 Å². The molecule has 0 radical (unpaired) electrons. The Morgan fingerprint density at radius 1 is 1.21 bits per heavy atom. The molecule has 2 N–H and O–H groups in total. The molecule has 2 nitrogen and oxygen atoms in total. The summed E-state index contributed by atoms with van der Waals surface area (Å²) in [5, 5.41) is 1.34. The van der Waals surface area contributed by atoms with Crippen LogP contribution in [0.15, 0.2) is 30.5 Å². The second kappa shape index (κ2) is 6.25. The number of nitrogens with two attached hydrogens (primary N) is 1. The maximum atomic E-state index is 6.13. The van der Waals surface area contributed by atoms with Crippen LogP contribution in [0.1, 0.15) is 39.2 Å². The van der Waals surface area contributed by atoms with Gasteiger partial charge in [0.15, 0.2) is 0 Å². The summed E-state index contributed by atoms with van der Waals surface area (Å²) < 4.78 is 2.40. The Morgan fingerprint density at radius 2 is 2.00 bits per heavy atom. The summed E-state index contributed by atoms with van der Waals surface area (Å²) in [4.78, 5) is 0. The number of aromatic nitrogens is 1. The smallest absolute Gasteiger partial charge is 0.0513 e. The molecule has 0 bridgehead atoms. The Morgan fingerprint density at radius 3 is 2.68 bits per heavy atom. The first-order valence-corrected chi connectivity index (χ1v) is 7.44. The number of aryl methyl sites for hydroxylation is 1. The van der Waals surface area contributed by atoms with E-state index in [2.05, 4.69) is 55.8 Å². The molecule has 2 aromatic rings. The minimum Gasteiger partial charge on any atom is -0.347 e. The van der Waals surface area contributed by atoms with Gasteiger partial charge in [-0.25, -0.2) is 0 Å². The molecule has 0 amide bonds. The van der Waals surface area contributed by atoms with E-state index in [0.717, 1.165) is 25.3 Å². The van der Waals surface area contributed by atoms with Crippen LogP contribution in [0.5, 0.6) is 0 Å². The van der Waals surface area contributed by atoms with Crippen molar-refractivity contribution in [3.8, 4) is 0 Å². The zero-order chi connectivity index (χ0) is 13.8. The van der Waals surface area contributed by atoms with E-state index in [1.165, 1.54) is 22.9 Å². The first kappa shape index (κ1) is 14.1. The van der Waals surface area contributed by atoms with Gasteiger partial charge in [0.2, 0.25) is 0 Å². The number of hydrogen-bond acceptors (Lipinski definition) is 1. The second-order valence-electron chi connectivity index (χ2n) is 5.92. The van der Waals surface area contributed by atoms with Crippen molar-refractivity contribution in [2.75, 3.05) is 0 Å².